The number of hydrogen-bond donors (Lipinski definition) is 2. The Morgan fingerprint density at radius 2 is 2.09 bits per heavy atom. The second-order valence-corrected chi connectivity index (χ2v) is 7.39. The summed E-state index contributed by atoms with van der Waals surface area (Å²) < 4.78 is 0. The van der Waals surface area contributed by atoms with Crippen LogP contribution in [0.25, 0.3) is 10.6 Å². The number of thiophene rings is 1. The van der Waals surface area contributed by atoms with E-state index in [-0.39, 0.29) is 11.8 Å². The lowest BCUT2D eigenvalue weighted by atomic mass is 10.1. The number of thiazole rings is 1. The van der Waals surface area contributed by atoms with Gasteiger partial charge >= 0.3 is 0 Å². The van der Waals surface area contributed by atoms with Crippen molar-refractivity contribution in [2.24, 2.45) is 5.92 Å². The topological polar surface area (TPSA) is 71.1 Å². The Bertz CT molecular complexity index is 661. The van der Waals surface area contributed by atoms with Gasteiger partial charge in [0.25, 0.3) is 0 Å². The van der Waals surface area contributed by atoms with Gasteiger partial charge in [-0.15, -0.1) is 22.7 Å². The van der Waals surface area contributed by atoms with Crippen molar-refractivity contribution < 1.29 is 9.59 Å². The monoisotopic (exact) mass is 337 g/mol. The van der Waals surface area contributed by atoms with E-state index in [1.54, 1.807) is 11.3 Å². The van der Waals surface area contributed by atoms with Crippen molar-refractivity contribution in [1.29, 1.82) is 0 Å². The molecule has 0 saturated carbocycles. The van der Waals surface area contributed by atoms with Crippen molar-refractivity contribution in [3.63, 3.8) is 0 Å². The first-order chi connectivity index (χ1) is 10.4. The fourth-order valence-corrected chi connectivity index (χ4v) is 3.52. The molecule has 2 amide bonds. The highest BCUT2D eigenvalue weighted by molar-refractivity contribution is 7.17. The number of hydrogen-bond acceptors (Lipinski definition) is 5. The quantitative estimate of drug-likeness (QED) is 0.847. The van der Waals surface area contributed by atoms with Crippen molar-refractivity contribution >= 4 is 39.6 Å². The zero-order valence-electron chi connectivity index (χ0n) is 12.8. The van der Waals surface area contributed by atoms with Gasteiger partial charge in [0, 0.05) is 23.6 Å². The molecule has 0 bridgehead atoms. The summed E-state index contributed by atoms with van der Waals surface area (Å²) in [6.45, 7) is 6.05. The van der Waals surface area contributed by atoms with Gasteiger partial charge in [-0.25, -0.2) is 4.98 Å². The summed E-state index contributed by atoms with van der Waals surface area (Å²) in [6, 6.07) is 3.96. The highest BCUT2D eigenvalue weighted by Gasteiger charge is 2.11. The summed E-state index contributed by atoms with van der Waals surface area (Å²) in [4.78, 5) is 29.2. The van der Waals surface area contributed by atoms with Crippen LogP contribution < -0.4 is 10.6 Å². The van der Waals surface area contributed by atoms with E-state index in [1.807, 2.05) is 31.4 Å². The minimum Gasteiger partial charge on any atom is -0.351 e. The van der Waals surface area contributed by atoms with Gasteiger partial charge in [0.2, 0.25) is 11.8 Å². The number of nitrogens with one attached hydrogen (secondary N) is 2. The van der Waals surface area contributed by atoms with Crippen molar-refractivity contribution in [1.82, 2.24) is 10.3 Å². The number of carbonyl (C=O) groups excluding carboxylic acids is 2. The molecule has 7 heteroatoms. The average Bonchev–Trinajstić information content (AvgIpc) is 3.03. The van der Waals surface area contributed by atoms with Crippen LogP contribution >= 0.6 is 22.7 Å². The maximum absolute atomic E-state index is 11.7. The predicted molar refractivity (Wildman–Crippen MR) is 91.0 cm³/mol. The highest BCUT2D eigenvalue weighted by Crippen LogP contribution is 2.30. The van der Waals surface area contributed by atoms with E-state index in [9.17, 15) is 9.59 Å². The van der Waals surface area contributed by atoms with Crippen molar-refractivity contribution in [2.45, 2.75) is 33.7 Å². The maximum Gasteiger partial charge on any atom is 0.226 e. The number of carbonyl (C=O) groups is 2. The first kappa shape index (κ1) is 16.6. The van der Waals surface area contributed by atoms with E-state index >= 15 is 0 Å². The summed E-state index contributed by atoms with van der Waals surface area (Å²) in [7, 11) is 0. The zero-order chi connectivity index (χ0) is 16.1. The molecule has 0 aromatic carbocycles. The van der Waals surface area contributed by atoms with E-state index in [1.165, 1.54) is 18.3 Å². The first-order valence-corrected chi connectivity index (χ1v) is 8.72. The van der Waals surface area contributed by atoms with Gasteiger partial charge in [0.1, 0.15) is 0 Å². The predicted octanol–water partition coefficient (Wildman–Crippen LogP) is 3.49. The molecule has 0 aliphatic rings. The van der Waals surface area contributed by atoms with Crippen LogP contribution in [0.1, 0.15) is 32.1 Å². The smallest absolute Gasteiger partial charge is 0.226 e. The summed E-state index contributed by atoms with van der Waals surface area (Å²) in [5, 5.41) is 8.15. The lowest BCUT2D eigenvalue weighted by molar-refractivity contribution is -0.119. The molecule has 118 valence electrons. The van der Waals surface area contributed by atoms with E-state index < -0.39 is 0 Å². The van der Waals surface area contributed by atoms with E-state index in [2.05, 4.69) is 15.6 Å². The molecule has 22 heavy (non-hydrogen) atoms. The van der Waals surface area contributed by atoms with Gasteiger partial charge < -0.3 is 10.6 Å². The van der Waals surface area contributed by atoms with Gasteiger partial charge in [0.05, 0.1) is 17.1 Å². The Morgan fingerprint density at radius 3 is 2.77 bits per heavy atom. The molecule has 0 aliphatic carbocycles. The third-order valence-electron chi connectivity index (χ3n) is 2.77. The maximum atomic E-state index is 11.7. The summed E-state index contributed by atoms with van der Waals surface area (Å²) in [5.41, 5.74) is 0.851. The Hall–Kier alpha value is -1.73. The van der Waals surface area contributed by atoms with Crippen LogP contribution in [0.5, 0.6) is 0 Å². The normalized spacial score (nSPS) is 10.7. The van der Waals surface area contributed by atoms with Crippen molar-refractivity contribution in [3.05, 3.63) is 22.4 Å². The molecule has 0 spiro atoms. The highest BCUT2D eigenvalue weighted by atomic mass is 32.1. The standard InChI is InChI=1S/C15H19N3O2S2/c1-9(2)6-14(20)18-15-17-12(8-21-15)13-5-4-11(22-13)7-16-10(3)19/h4-5,8-9H,6-7H2,1-3H3,(H,16,19)(H,17,18,20). The zero-order valence-corrected chi connectivity index (χ0v) is 14.4. The third kappa shape index (κ3) is 4.92. The molecule has 0 fully saturated rings. The second kappa shape index (κ2) is 7.51. The molecule has 2 aromatic rings. The van der Waals surface area contributed by atoms with Crippen molar-refractivity contribution in [3.8, 4) is 10.6 Å². The molecule has 0 radical (unpaired) electrons. The van der Waals surface area contributed by atoms with E-state index in [4.69, 9.17) is 0 Å². The fourth-order valence-electron chi connectivity index (χ4n) is 1.81. The molecule has 5 nitrogen and oxygen atoms in total. The molecule has 0 aliphatic heterocycles. The van der Waals surface area contributed by atoms with Crippen LogP contribution in [0.2, 0.25) is 0 Å². The molecule has 2 heterocycles. The van der Waals surface area contributed by atoms with Gasteiger partial charge in [-0.1, -0.05) is 13.8 Å². The first-order valence-electron chi connectivity index (χ1n) is 7.03. The van der Waals surface area contributed by atoms with Crippen LogP contribution in [0.3, 0.4) is 0 Å². The minimum atomic E-state index is -0.0428. The second-order valence-electron chi connectivity index (χ2n) is 5.36. The molecule has 0 saturated heterocycles. The van der Waals surface area contributed by atoms with E-state index in [0.717, 1.165) is 15.4 Å². The molecular weight excluding hydrogens is 318 g/mol. The molecule has 2 aromatic heterocycles. The number of amides is 2. The minimum absolute atomic E-state index is 0.00609. The summed E-state index contributed by atoms with van der Waals surface area (Å²) >= 11 is 3.01. The van der Waals surface area contributed by atoms with Crippen molar-refractivity contribution in [2.75, 3.05) is 5.32 Å². The van der Waals surface area contributed by atoms with E-state index in [0.29, 0.717) is 24.0 Å². The van der Waals surface area contributed by atoms with Crippen LogP contribution in [-0.2, 0) is 16.1 Å². The number of aromatic nitrogens is 1. The lowest BCUT2D eigenvalue weighted by Crippen LogP contribution is -2.17. The molecular formula is C15H19N3O2S2. The Morgan fingerprint density at radius 1 is 1.32 bits per heavy atom. The molecule has 2 N–H and O–H groups in total. The SMILES string of the molecule is CC(=O)NCc1ccc(-c2csc(NC(=O)CC(C)C)n2)s1. The fraction of sp³-hybridized carbons (Fsp3) is 0.400. The number of nitrogens with zero attached hydrogens (tertiary/aromatic N) is 1. The molecule has 2 rings (SSSR count). The number of rotatable bonds is 6. The summed E-state index contributed by atoms with van der Waals surface area (Å²) in [5.74, 6) is 0.278. The molecule has 0 unspecified atom stereocenters. The van der Waals surface area contributed by atoms with Gasteiger partial charge in [-0.3, -0.25) is 9.59 Å². The van der Waals surface area contributed by atoms with Gasteiger partial charge in [-0.05, 0) is 18.1 Å². The summed E-state index contributed by atoms with van der Waals surface area (Å²) in [6.07, 6.45) is 0.495. The largest absolute Gasteiger partial charge is 0.351 e. The van der Waals surface area contributed by atoms with Gasteiger partial charge in [0.15, 0.2) is 5.13 Å². The Kier molecular flexibility index (Phi) is 5.68. The van der Waals surface area contributed by atoms with Crippen LogP contribution in [0, 0.1) is 5.92 Å². The Balaban J connectivity index is 1.99. The average molecular weight is 337 g/mol. The Labute approximate surface area is 137 Å². The van der Waals surface area contributed by atoms with Crippen LogP contribution in [-0.4, -0.2) is 16.8 Å². The van der Waals surface area contributed by atoms with Gasteiger partial charge in [-0.2, -0.15) is 0 Å². The lowest BCUT2D eigenvalue weighted by Gasteiger charge is -2.03. The van der Waals surface area contributed by atoms with Crippen LogP contribution in [0.4, 0.5) is 5.13 Å². The van der Waals surface area contributed by atoms with Crippen LogP contribution in [0.15, 0.2) is 17.5 Å². The molecule has 0 atom stereocenters. The third-order valence-corrected chi connectivity index (χ3v) is 4.64. The number of anilines is 1.